The first-order valence-corrected chi connectivity index (χ1v) is 9.44. The van der Waals surface area contributed by atoms with E-state index in [0.29, 0.717) is 11.3 Å². The average molecular weight is 384 g/mol. The molecule has 1 heterocycles. The van der Waals surface area contributed by atoms with Gasteiger partial charge in [0.2, 0.25) is 0 Å². The quantitative estimate of drug-likeness (QED) is 0.663. The summed E-state index contributed by atoms with van der Waals surface area (Å²) in [5.41, 5.74) is 7.04. The number of amides is 2. The second kappa shape index (κ2) is 8.50. The van der Waals surface area contributed by atoms with Crippen molar-refractivity contribution >= 4 is 23.6 Å². The smallest absolute Gasteiger partial charge is 0.288 e. The molecule has 0 saturated carbocycles. The third kappa shape index (κ3) is 4.53. The Morgan fingerprint density at radius 3 is 2.59 bits per heavy atom. The van der Waals surface area contributed by atoms with Gasteiger partial charge in [0.15, 0.2) is 0 Å². The van der Waals surface area contributed by atoms with E-state index in [1.807, 2.05) is 12.3 Å². The molecule has 8 heteroatoms. The minimum atomic E-state index is -0.537. The molecule has 0 spiro atoms. The molecule has 2 N–H and O–H groups in total. The van der Waals surface area contributed by atoms with Crippen molar-refractivity contribution in [1.29, 1.82) is 0 Å². The van der Waals surface area contributed by atoms with Crippen molar-refractivity contribution in [3.63, 3.8) is 0 Å². The summed E-state index contributed by atoms with van der Waals surface area (Å²) in [4.78, 5) is 28.6. The highest BCUT2D eigenvalue weighted by Gasteiger charge is 2.14. The molecule has 27 heavy (non-hydrogen) atoms. The van der Waals surface area contributed by atoms with Gasteiger partial charge in [-0.3, -0.25) is 25.0 Å². The van der Waals surface area contributed by atoms with Crippen LogP contribution in [0.5, 0.6) is 0 Å². The van der Waals surface area contributed by atoms with Gasteiger partial charge in [-0.1, -0.05) is 12.1 Å². The van der Waals surface area contributed by atoms with Crippen LogP contribution >= 0.6 is 11.8 Å². The second-order valence-corrected chi connectivity index (χ2v) is 6.53. The normalized spacial score (nSPS) is 10.4. The van der Waals surface area contributed by atoms with Crippen molar-refractivity contribution in [3.8, 4) is 5.69 Å². The molecule has 0 aliphatic rings. The van der Waals surface area contributed by atoms with Crippen LogP contribution in [0.2, 0.25) is 0 Å². The number of imidazole rings is 1. The number of hydrazine groups is 1. The predicted molar refractivity (Wildman–Crippen MR) is 102 cm³/mol. The minimum absolute atomic E-state index is 0.207. The number of halogens is 1. The van der Waals surface area contributed by atoms with Crippen molar-refractivity contribution < 1.29 is 14.0 Å². The highest BCUT2D eigenvalue weighted by molar-refractivity contribution is 7.97. The Morgan fingerprint density at radius 2 is 1.85 bits per heavy atom. The minimum Gasteiger partial charge on any atom is -0.295 e. The average Bonchev–Trinajstić information content (AvgIpc) is 3.17. The molecule has 0 bridgehead atoms. The van der Waals surface area contributed by atoms with Crippen molar-refractivity contribution in [1.82, 2.24) is 20.4 Å². The Hall–Kier alpha value is -3.13. The SMILES string of the molecule is CSCc1cccc(C(=O)NNC(=O)c2cncn2-c2ccc(F)cc2)c1. The summed E-state index contributed by atoms with van der Waals surface area (Å²) in [6.45, 7) is 0. The molecule has 2 amide bonds. The van der Waals surface area contributed by atoms with Gasteiger partial charge in [-0.2, -0.15) is 11.8 Å². The van der Waals surface area contributed by atoms with E-state index in [-0.39, 0.29) is 11.5 Å². The number of thioether (sulfide) groups is 1. The highest BCUT2D eigenvalue weighted by atomic mass is 32.2. The zero-order valence-corrected chi connectivity index (χ0v) is 15.3. The fourth-order valence-electron chi connectivity index (χ4n) is 2.49. The van der Waals surface area contributed by atoms with E-state index < -0.39 is 11.8 Å². The van der Waals surface area contributed by atoms with Crippen LogP contribution in [0, 0.1) is 5.82 Å². The number of carbonyl (C=O) groups is 2. The molecule has 0 saturated heterocycles. The summed E-state index contributed by atoms with van der Waals surface area (Å²) in [5, 5.41) is 0. The Labute approximate surface area is 159 Å². The molecular formula is C19H17FN4O2S. The van der Waals surface area contributed by atoms with Gasteiger partial charge >= 0.3 is 0 Å². The van der Waals surface area contributed by atoms with Crippen LogP contribution in [0.1, 0.15) is 26.4 Å². The standard InChI is InChI=1S/C19H17FN4O2S/c1-27-11-13-3-2-4-14(9-13)18(25)22-23-19(26)17-10-21-12-24(17)16-7-5-15(20)6-8-16/h2-10,12H,11H2,1H3,(H,22,25)(H,23,26). The Bertz CT molecular complexity index is 956. The number of carbonyl (C=O) groups excluding carboxylic acids is 2. The number of hydrogen-bond acceptors (Lipinski definition) is 4. The third-order valence-electron chi connectivity index (χ3n) is 3.77. The monoisotopic (exact) mass is 384 g/mol. The second-order valence-electron chi connectivity index (χ2n) is 5.67. The maximum atomic E-state index is 13.1. The number of nitrogens with one attached hydrogen (secondary N) is 2. The van der Waals surface area contributed by atoms with Crippen LogP contribution in [-0.4, -0.2) is 27.6 Å². The Morgan fingerprint density at radius 1 is 1.11 bits per heavy atom. The number of nitrogens with zero attached hydrogens (tertiary/aromatic N) is 2. The van der Waals surface area contributed by atoms with Crippen LogP contribution < -0.4 is 10.9 Å². The molecular weight excluding hydrogens is 367 g/mol. The maximum absolute atomic E-state index is 13.1. The van der Waals surface area contributed by atoms with Crippen molar-refractivity contribution in [2.45, 2.75) is 5.75 Å². The molecule has 0 aliphatic carbocycles. The summed E-state index contributed by atoms with van der Waals surface area (Å²) in [6.07, 6.45) is 4.79. The van der Waals surface area contributed by atoms with Gasteiger partial charge in [-0.05, 0) is 48.2 Å². The van der Waals surface area contributed by atoms with E-state index in [1.54, 1.807) is 30.0 Å². The topological polar surface area (TPSA) is 76.0 Å². The summed E-state index contributed by atoms with van der Waals surface area (Å²) >= 11 is 1.66. The van der Waals surface area contributed by atoms with Gasteiger partial charge in [0.05, 0.1) is 12.5 Å². The molecule has 0 atom stereocenters. The lowest BCUT2D eigenvalue weighted by atomic mass is 10.1. The molecule has 0 radical (unpaired) electrons. The first-order chi connectivity index (χ1) is 13.1. The highest BCUT2D eigenvalue weighted by Crippen LogP contribution is 2.13. The number of rotatable bonds is 5. The van der Waals surface area contributed by atoms with Crippen molar-refractivity contribution in [2.75, 3.05) is 6.26 Å². The summed E-state index contributed by atoms with van der Waals surface area (Å²) in [6, 6.07) is 12.8. The molecule has 6 nitrogen and oxygen atoms in total. The predicted octanol–water partition coefficient (Wildman–Crippen LogP) is 2.95. The first-order valence-electron chi connectivity index (χ1n) is 8.05. The molecule has 0 unspecified atom stereocenters. The molecule has 2 aromatic carbocycles. The van der Waals surface area contributed by atoms with Gasteiger partial charge in [0.1, 0.15) is 11.5 Å². The molecule has 0 fully saturated rings. The first kappa shape index (κ1) is 18.7. The van der Waals surface area contributed by atoms with Crippen LogP contribution in [-0.2, 0) is 5.75 Å². The molecule has 138 valence electrons. The number of benzene rings is 2. The fourth-order valence-corrected chi connectivity index (χ4v) is 3.00. The van der Waals surface area contributed by atoms with E-state index in [0.717, 1.165) is 11.3 Å². The van der Waals surface area contributed by atoms with Gasteiger partial charge in [-0.15, -0.1) is 0 Å². The van der Waals surface area contributed by atoms with Crippen LogP contribution in [0.25, 0.3) is 5.69 Å². The molecule has 0 aliphatic heterocycles. The third-order valence-corrected chi connectivity index (χ3v) is 4.39. The summed E-state index contributed by atoms with van der Waals surface area (Å²) < 4.78 is 14.6. The van der Waals surface area contributed by atoms with Gasteiger partial charge in [-0.25, -0.2) is 9.37 Å². The maximum Gasteiger partial charge on any atom is 0.288 e. The molecule has 3 aromatic rings. The van der Waals surface area contributed by atoms with E-state index in [1.165, 1.54) is 41.4 Å². The van der Waals surface area contributed by atoms with Gasteiger partial charge in [0.25, 0.3) is 11.8 Å². The Balaban J connectivity index is 1.68. The van der Waals surface area contributed by atoms with Gasteiger partial charge < -0.3 is 0 Å². The van der Waals surface area contributed by atoms with Crippen LogP contribution in [0.3, 0.4) is 0 Å². The zero-order chi connectivity index (χ0) is 19.2. The van der Waals surface area contributed by atoms with Crippen LogP contribution in [0.15, 0.2) is 61.1 Å². The lowest BCUT2D eigenvalue weighted by Gasteiger charge is -2.10. The largest absolute Gasteiger partial charge is 0.295 e. The van der Waals surface area contributed by atoms with E-state index >= 15 is 0 Å². The molecule has 1 aromatic heterocycles. The van der Waals surface area contributed by atoms with Gasteiger partial charge in [0, 0.05) is 17.0 Å². The molecule has 3 rings (SSSR count). The lowest BCUT2D eigenvalue weighted by Crippen LogP contribution is -2.42. The van der Waals surface area contributed by atoms with Crippen LogP contribution in [0.4, 0.5) is 4.39 Å². The lowest BCUT2D eigenvalue weighted by molar-refractivity contribution is 0.0843. The van der Waals surface area contributed by atoms with E-state index in [4.69, 9.17) is 0 Å². The Kier molecular flexibility index (Phi) is 5.87. The van der Waals surface area contributed by atoms with E-state index in [2.05, 4.69) is 15.8 Å². The number of aromatic nitrogens is 2. The zero-order valence-electron chi connectivity index (χ0n) is 14.5. The number of hydrogen-bond donors (Lipinski definition) is 2. The van der Waals surface area contributed by atoms with Crippen molar-refractivity contribution in [3.05, 3.63) is 83.7 Å². The summed E-state index contributed by atoms with van der Waals surface area (Å²) in [5.74, 6) is -0.532. The van der Waals surface area contributed by atoms with E-state index in [9.17, 15) is 14.0 Å². The van der Waals surface area contributed by atoms with Crippen molar-refractivity contribution in [2.24, 2.45) is 0 Å². The summed E-state index contributed by atoms with van der Waals surface area (Å²) in [7, 11) is 0. The fraction of sp³-hybridized carbons (Fsp3) is 0.105.